The lowest BCUT2D eigenvalue weighted by atomic mass is 9.91. The van der Waals surface area contributed by atoms with E-state index in [1.165, 1.54) is 0 Å². The van der Waals surface area contributed by atoms with Crippen molar-refractivity contribution in [2.24, 2.45) is 11.5 Å². The third-order valence-electron chi connectivity index (χ3n) is 3.93. The van der Waals surface area contributed by atoms with Crippen molar-refractivity contribution in [2.75, 3.05) is 0 Å². The largest absolute Gasteiger partial charge is 0.456 e. The van der Waals surface area contributed by atoms with Crippen molar-refractivity contribution in [3.8, 4) is 0 Å². The number of allylic oxidation sites excluding steroid dienone is 2. The number of ether oxygens (including phenoxy) is 1. The van der Waals surface area contributed by atoms with Crippen LogP contribution >= 0.6 is 0 Å². The first kappa shape index (κ1) is 19.1. The van der Waals surface area contributed by atoms with Crippen LogP contribution in [0.5, 0.6) is 0 Å². The van der Waals surface area contributed by atoms with E-state index < -0.39 is 11.3 Å². The molecule has 0 fully saturated rings. The summed E-state index contributed by atoms with van der Waals surface area (Å²) in [5.41, 5.74) is 12.8. The summed E-state index contributed by atoms with van der Waals surface area (Å²) in [6.07, 6.45) is 6.87. The Morgan fingerprint density at radius 1 is 1.30 bits per heavy atom. The van der Waals surface area contributed by atoms with Crippen molar-refractivity contribution in [3.63, 3.8) is 0 Å². The molecule has 0 amide bonds. The zero-order valence-electron chi connectivity index (χ0n) is 13.4. The first-order valence-corrected chi connectivity index (χ1v) is 7.54. The highest BCUT2D eigenvalue weighted by Gasteiger charge is 2.24. The summed E-state index contributed by atoms with van der Waals surface area (Å²) in [5.74, 6) is -0.311. The molecule has 1 aliphatic rings. The zero-order chi connectivity index (χ0) is 16.4. The fourth-order valence-electron chi connectivity index (χ4n) is 2.16. The number of benzene rings is 1. The molecular weight excluding hydrogens is 288 g/mol. The molecule has 1 aromatic rings. The summed E-state index contributed by atoms with van der Waals surface area (Å²) in [5, 5.41) is 0. The summed E-state index contributed by atoms with van der Waals surface area (Å²) in [7, 11) is 0. The second-order valence-electron chi connectivity index (χ2n) is 6.36. The molecular formula is C19H28N2O2. The summed E-state index contributed by atoms with van der Waals surface area (Å²) in [6, 6.07) is 7.43. The lowest BCUT2D eigenvalue weighted by Crippen LogP contribution is -2.47. The molecule has 0 heterocycles. The zero-order valence-corrected chi connectivity index (χ0v) is 13.4. The Bertz CT molecular complexity index is 628. The molecule has 23 heavy (non-hydrogen) atoms. The molecule has 4 N–H and O–H groups in total. The molecule has 0 radical (unpaired) electrons. The Balaban J connectivity index is 0.00000264. The number of hydrogen-bond donors (Lipinski definition) is 2. The predicted molar refractivity (Wildman–Crippen MR) is 95.8 cm³/mol. The molecule has 4 heteroatoms. The van der Waals surface area contributed by atoms with Crippen molar-refractivity contribution >= 4 is 11.5 Å². The SMILES string of the molecule is C.CCC(C)(C)OC(=O)c1ccccc1C1=CCC(N)(N)C=C1. The van der Waals surface area contributed by atoms with Crippen LogP contribution < -0.4 is 11.5 Å². The normalized spacial score (nSPS) is 16.3. The molecule has 0 saturated heterocycles. The van der Waals surface area contributed by atoms with Gasteiger partial charge in [0, 0.05) is 6.42 Å². The van der Waals surface area contributed by atoms with Gasteiger partial charge < -0.3 is 16.2 Å². The van der Waals surface area contributed by atoms with Crippen LogP contribution in [0.3, 0.4) is 0 Å². The monoisotopic (exact) mass is 316 g/mol. The van der Waals surface area contributed by atoms with Crippen LogP contribution in [0.25, 0.3) is 5.57 Å². The Kier molecular flexibility index (Phi) is 5.92. The molecule has 0 spiro atoms. The fraction of sp³-hybridized carbons (Fsp3) is 0.421. The topological polar surface area (TPSA) is 78.3 Å². The second kappa shape index (κ2) is 7.11. The van der Waals surface area contributed by atoms with Gasteiger partial charge in [-0.15, -0.1) is 0 Å². The molecule has 0 saturated carbocycles. The highest BCUT2D eigenvalue weighted by molar-refractivity contribution is 5.97. The third-order valence-corrected chi connectivity index (χ3v) is 3.93. The van der Waals surface area contributed by atoms with E-state index in [0.717, 1.165) is 17.6 Å². The fourth-order valence-corrected chi connectivity index (χ4v) is 2.16. The van der Waals surface area contributed by atoms with Crippen LogP contribution in [0.15, 0.2) is 42.5 Å². The molecule has 2 rings (SSSR count). The van der Waals surface area contributed by atoms with Crippen LogP contribution in [0.1, 0.15) is 57.0 Å². The smallest absolute Gasteiger partial charge is 0.339 e. The number of hydrogen-bond acceptors (Lipinski definition) is 4. The average molecular weight is 316 g/mol. The van der Waals surface area contributed by atoms with Gasteiger partial charge >= 0.3 is 5.97 Å². The number of esters is 1. The number of rotatable bonds is 4. The summed E-state index contributed by atoms with van der Waals surface area (Å²) >= 11 is 0. The minimum absolute atomic E-state index is 0. The number of nitrogens with two attached hydrogens (primary N) is 2. The first-order valence-electron chi connectivity index (χ1n) is 7.54. The van der Waals surface area contributed by atoms with E-state index >= 15 is 0 Å². The van der Waals surface area contributed by atoms with Crippen LogP contribution in [-0.2, 0) is 4.74 Å². The van der Waals surface area contributed by atoms with E-state index in [4.69, 9.17) is 16.2 Å². The Morgan fingerprint density at radius 3 is 2.52 bits per heavy atom. The maximum atomic E-state index is 12.5. The maximum Gasteiger partial charge on any atom is 0.339 e. The van der Waals surface area contributed by atoms with E-state index in [2.05, 4.69) is 0 Å². The molecule has 126 valence electrons. The predicted octanol–water partition coefficient (Wildman–Crippen LogP) is 3.63. The van der Waals surface area contributed by atoms with E-state index in [0.29, 0.717) is 12.0 Å². The lowest BCUT2D eigenvalue weighted by Gasteiger charge is -2.25. The van der Waals surface area contributed by atoms with E-state index in [9.17, 15) is 4.79 Å². The standard InChI is InChI=1S/C18H24N2O2.CH4/c1-4-17(2,3)22-16(21)15-8-6-5-7-14(15)13-9-11-18(19,20)12-10-13;/h5-11H,4,12,19-20H2,1-3H3;1H4. The quantitative estimate of drug-likeness (QED) is 0.657. The van der Waals surface area contributed by atoms with Crippen LogP contribution in [-0.4, -0.2) is 17.2 Å². The van der Waals surface area contributed by atoms with Gasteiger partial charge in [-0.05, 0) is 43.5 Å². The summed E-state index contributed by atoms with van der Waals surface area (Å²) in [4.78, 5) is 12.5. The van der Waals surface area contributed by atoms with Gasteiger partial charge in [0.15, 0.2) is 0 Å². The summed E-state index contributed by atoms with van der Waals surface area (Å²) in [6.45, 7) is 5.81. The van der Waals surface area contributed by atoms with Gasteiger partial charge in [-0.2, -0.15) is 0 Å². The molecule has 1 aromatic carbocycles. The van der Waals surface area contributed by atoms with Gasteiger partial charge in [0.2, 0.25) is 0 Å². The van der Waals surface area contributed by atoms with E-state index in [-0.39, 0.29) is 13.4 Å². The summed E-state index contributed by atoms with van der Waals surface area (Å²) < 4.78 is 5.61. The minimum Gasteiger partial charge on any atom is -0.456 e. The van der Waals surface area contributed by atoms with Gasteiger partial charge in [-0.25, -0.2) is 4.79 Å². The second-order valence-corrected chi connectivity index (χ2v) is 6.36. The van der Waals surface area contributed by atoms with Crippen molar-refractivity contribution in [3.05, 3.63) is 53.6 Å². The van der Waals surface area contributed by atoms with Gasteiger partial charge in [0.1, 0.15) is 5.60 Å². The van der Waals surface area contributed by atoms with Crippen molar-refractivity contribution in [1.82, 2.24) is 0 Å². The Hall–Kier alpha value is -1.91. The molecule has 0 aliphatic heterocycles. The van der Waals surface area contributed by atoms with Gasteiger partial charge in [-0.3, -0.25) is 0 Å². The first-order chi connectivity index (χ1) is 10.2. The Labute approximate surface area is 139 Å². The lowest BCUT2D eigenvalue weighted by molar-refractivity contribution is -0.00246. The molecule has 0 atom stereocenters. The van der Waals surface area contributed by atoms with Gasteiger partial charge in [-0.1, -0.05) is 44.7 Å². The van der Waals surface area contributed by atoms with Crippen LogP contribution in [0.4, 0.5) is 0 Å². The number of carbonyl (C=O) groups excluding carboxylic acids is 1. The maximum absolute atomic E-state index is 12.5. The Morgan fingerprint density at radius 2 is 1.96 bits per heavy atom. The van der Waals surface area contributed by atoms with E-state index in [1.54, 1.807) is 12.1 Å². The average Bonchev–Trinajstić information content (AvgIpc) is 2.47. The van der Waals surface area contributed by atoms with Gasteiger partial charge in [0.05, 0.1) is 11.2 Å². The van der Waals surface area contributed by atoms with Crippen LogP contribution in [0, 0.1) is 0 Å². The molecule has 1 aliphatic carbocycles. The highest BCUT2D eigenvalue weighted by atomic mass is 16.6. The highest BCUT2D eigenvalue weighted by Crippen LogP contribution is 2.27. The van der Waals surface area contributed by atoms with Crippen molar-refractivity contribution in [2.45, 2.75) is 52.3 Å². The van der Waals surface area contributed by atoms with Crippen LogP contribution in [0.2, 0.25) is 0 Å². The van der Waals surface area contributed by atoms with E-state index in [1.807, 2.05) is 51.1 Å². The minimum atomic E-state index is -0.816. The molecule has 0 aromatic heterocycles. The van der Waals surface area contributed by atoms with Crippen molar-refractivity contribution in [1.29, 1.82) is 0 Å². The number of carbonyl (C=O) groups is 1. The van der Waals surface area contributed by atoms with Gasteiger partial charge in [0.25, 0.3) is 0 Å². The van der Waals surface area contributed by atoms with Crippen molar-refractivity contribution < 1.29 is 9.53 Å². The molecule has 0 unspecified atom stereocenters. The molecule has 0 bridgehead atoms. The molecule has 4 nitrogen and oxygen atoms in total. The third kappa shape index (κ3) is 4.78.